The molecule has 1 saturated heterocycles. The van der Waals surface area contributed by atoms with Crippen LogP contribution in [-0.2, 0) is 4.79 Å². The molecule has 2 rings (SSSR count). The highest BCUT2D eigenvalue weighted by atomic mass is 16.5. The minimum absolute atomic E-state index is 0.0348. The van der Waals surface area contributed by atoms with Gasteiger partial charge in [-0.2, -0.15) is 4.98 Å². The van der Waals surface area contributed by atoms with Crippen LogP contribution in [0.1, 0.15) is 58.3 Å². The first-order chi connectivity index (χ1) is 10.4. The van der Waals surface area contributed by atoms with E-state index >= 15 is 0 Å². The number of nitrogens with one attached hydrogen (secondary N) is 1. The molecule has 0 aliphatic carbocycles. The van der Waals surface area contributed by atoms with Gasteiger partial charge in [0.1, 0.15) is 0 Å². The van der Waals surface area contributed by atoms with Crippen LogP contribution in [0.25, 0.3) is 0 Å². The van der Waals surface area contributed by atoms with E-state index in [2.05, 4.69) is 22.4 Å². The van der Waals surface area contributed by atoms with E-state index < -0.39 is 0 Å². The van der Waals surface area contributed by atoms with Crippen LogP contribution < -0.4 is 5.32 Å². The van der Waals surface area contributed by atoms with Crippen molar-refractivity contribution in [2.45, 2.75) is 59.5 Å². The Morgan fingerprint density at radius 1 is 1.45 bits per heavy atom. The van der Waals surface area contributed by atoms with Gasteiger partial charge in [0, 0.05) is 25.0 Å². The summed E-state index contributed by atoms with van der Waals surface area (Å²) in [5, 5.41) is 7.45. The molecule has 0 saturated carbocycles. The molecule has 3 atom stereocenters. The number of carbonyl (C=O) groups excluding carboxylic acids is 1. The van der Waals surface area contributed by atoms with Gasteiger partial charge in [-0.1, -0.05) is 32.3 Å². The summed E-state index contributed by atoms with van der Waals surface area (Å²) >= 11 is 0. The van der Waals surface area contributed by atoms with E-state index in [9.17, 15) is 4.79 Å². The number of aryl methyl sites for hydroxylation is 1. The number of amides is 1. The van der Waals surface area contributed by atoms with Gasteiger partial charge in [0.25, 0.3) is 0 Å². The SMILES string of the molecule is CC[C@@H]1CN(C(=O)C(C)C)CC[C@H]1N[C@H](C)c1nc(C)no1. The summed E-state index contributed by atoms with van der Waals surface area (Å²) in [5.41, 5.74) is 0. The lowest BCUT2D eigenvalue weighted by atomic mass is 9.88. The summed E-state index contributed by atoms with van der Waals surface area (Å²) in [6.45, 7) is 11.6. The molecule has 0 radical (unpaired) electrons. The molecule has 1 aliphatic rings. The average Bonchev–Trinajstić information content (AvgIpc) is 2.93. The number of aromatic nitrogens is 2. The molecule has 6 nitrogen and oxygen atoms in total. The fraction of sp³-hybridized carbons (Fsp3) is 0.812. The highest BCUT2D eigenvalue weighted by molar-refractivity contribution is 5.78. The maximum absolute atomic E-state index is 12.2. The topological polar surface area (TPSA) is 71.3 Å². The molecular weight excluding hydrogens is 280 g/mol. The maximum atomic E-state index is 12.2. The van der Waals surface area contributed by atoms with Crippen molar-refractivity contribution >= 4 is 5.91 Å². The largest absolute Gasteiger partial charge is 0.342 e. The highest BCUT2D eigenvalue weighted by Crippen LogP contribution is 2.24. The molecule has 1 aliphatic heterocycles. The van der Waals surface area contributed by atoms with E-state index in [0.29, 0.717) is 23.7 Å². The zero-order chi connectivity index (χ0) is 16.3. The van der Waals surface area contributed by atoms with Gasteiger partial charge in [-0.3, -0.25) is 4.79 Å². The zero-order valence-electron chi connectivity index (χ0n) is 14.3. The second-order valence-electron chi connectivity index (χ2n) is 6.57. The summed E-state index contributed by atoms with van der Waals surface area (Å²) < 4.78 is 5.24. The number of hydrogen-bond donors (Lipinski definition) is 1. The first-order valence-corrected chi connectivity index (χ1v) is 8.27. The molecule has 22 heavy (non-hydrogen) atoms. The average molecular weight is 308 g/mol. The van der Waals surface area contributed by atoms with Gasteiger partial charge in [-0.05, 0) is 26.2 Å². The summed E-state index contributed by atoms with van der Waals surface area (Å²) in [4.78, 5) is 18.5. The fourth-order valence-electron chi connectivity index (χ4n) is 3.11. The van der Waals surface area contributed by atoms with Gasteiger partial charge >= 0.3 is 0 Å². The quantitative estimate of drug-likeness (QED) is 0.904. The Bertz CT molecular complexity index is 500. The van der Waals surface area contributed by atoms with Crippen molar-refractivity contribution in [2.24, 2.45) is 11.8 Å². The van der Waals surface area contributed by atoms with Crippen LogP contribution in [0.5, 0.6) is 0 Å². The van der Waals surface area contributed by atoms with Crippen LogP contribution in [0.4, 0.5) is 0 Å². The standard InChI is InChI=1S/C16H28N4O2/c1-6-13-9-20(16(21)10(2)3)8-7-14(13)17-11(4)15-18-12(5)19-22-15/h10-11,13-14,17H,6-9H2,1-5H3/t11-,13-,14-/m1/s1. The number of rotatable bonds is 5. The fourth-order valence-corrected chi connectivity index (χ4v) is 3.11. The first kappa shape index (κ1) is 16.9. The Hall–Kier alpha value is -1.43. The Kier molecular flexibility index (Phi) is 5.56. The molecule has 1 N–H and O–H groups in total. The molecule has 0 unspecified atom stereocenters. The van der Waals surface area contributed by atoms with Crippen LogP contribution in [0.2, 0.25) is 0 Å². The molecule has 0 aromatic carbocycles. The highest BCUT2D eigenvalue weighted by Gasteiger charge is 2.32. The molecule has 6 heteroatoms. The van der Waals surface area contributed by atoms with Gasteiger partial charge in [-0.15, -0.1) is 0 Å². The van der Waals surface area contributed by atoms with Gasteiger partial charge in [-0.25, -0.2) is 0 Å². The minimum atomic E-state index is 0.0348. The second kappa shape index (κ2) is 7.22. The van der Waals surface area contributed by atoms with E-state index in [1.165, 1.54) is 0 Å². The Morgan fingerprint density at radius 3 is 2.73 bits per heavy atom. The molecule has 1 aromatic rings. The molecule has 1 amide bonds. The lowest BCUT2D eigenvalue weighted by Crippen LogP contribution is -2.52. The number of piperidine rings is 1. The predicted octanol–water partition coefficient (Wildman–Crippen LogP) is 2.31. The molecule has 1 aromatic heterocycles. The number of nitrogens with zero attached hydrogens (tertiary/aromatic N) is 3. The van der Waals surface area contributed by atoms with Crippen molar-refractivity contribution in [3.05, 3.63) is 11.7 Å². The molecule has 0 spiro atoms. The summed E-state index contributed by atoms with van der Waals surface area (Å²) in [6.07, 6.45) is 2.02. The predicted molar refractivity (Wildman–Crippen MR) is 84.2 cm³/mol. The first-order valence-electron chi connectivity index (χ1n) is 8.27. The van der Waals surface area contributed by atoms with Crippen molar-refractivity contribution in [2.75, 3.05) is 13.1 Å². The van der Waals surface area contributed by atoms with E-state index in [0.717, 1.165) is 25.9 Å². The normalized spacial score (nSPS) is 23.8. The van der Waals surface area contributed by atoms with Gasteiger partial charge in [0.05, 0.1) is 6.04 Å². The zero-order valence-corrected chi connectivity index (χ0v) is 14.3. The van der Waals surface area contributed by atoms with Crippen LogP contribution in [0.3, 0.4) is 0 Å². The number of hydrogen-bond acceptors (Lipinski definition) is 5. The van der Waals surface area contributed by atoms with Crippen molar-refractivity contribution < 1.29 is 9.32 Å². The van der Waals surface area contributed by atoms with Crippen LogP contribution in [0.15, 0.2) is 4.52 Å². The molecular formula is C16H28N4O2. The van der Waals surface area contributed by atoms with E-state index in [-0.39, 0.29) is 17.9 Å². The Balaban J connectivity index is 1.96. The third-order valence-electron chi connectivity index (χ3n) is 4.44. The van der Waals surface area contributed by atoms with Crippen LogP contribution >= 0.6 is 0 Å². The van der Waals surface area contributed by atoms with Crippen molar-refractivity contribution in [3.63, 3.8) is 0 Å². The minimum Gasteiger partial charge on any atom is -0.342 e. The number of likely N-dealkylation sites (tertiary alicyclic amines) is 1. The van der Waals surface area contributed by atoms with Crippen LogP contribution in [0, 0.1) is 18.8 Å². The summed E-state index contributed by atoms with van der Waals surface area (Å²) in [7, 11) is 0. The van der Waals surface area contributed by atoms with Crippen LogP contribution in [-0.4, -0.2) is 40.1 Å². The smallest absolute Gasteiger partial charge is 0.243 e. The van der Waals surface area contributed by atoms with E-state index in [4.69, 9.17) is 4.52 Å². The van der Waals surface area contributed by atoms with Crippen molar-refractivity contribution in [1.82, 2.24) is 20.4 Å². The Morgan fingerprint density at radius 2 is 2.18 bits per heavy atom. The molecule has 1 fully saturated rings. The molecule has 0 bridgehead atoms. The van der Waals surface area contributed by atoms with Gasteiger partial charge in [0.15, 0.2) is 5.82 Å². The summed E-state index contributed by atoms with van der Waals surface area (Å²) in [5.74, 6) is 2.09. The maximum Gasteiger partial charge on any atom is 0.243 e. The summed E-state index contributed by atoms with van der Waals surface area (Å²) in [6, 6.07) is 0.413. The lowest BCUT2D eigenvalue weighted by Gasteiger charge is -2.40. The van der Waals surface area contributed by atoms with Gasteiger partial charge < -0.3 is 14.7 Å². The van der Waals surface area contributed by atoms with Crippen molar-refractivity contribution in [3.8, 4) is 0 Å². The van der Waals surface area contributed by atoms with E-state index in [1.54, 1.807) is 0 Å². The second-order valence-corrected chi connectivity index (χ2v) is 6.57. The van der Waals surface area contributed by atoms with Crippen molar-refractivity contribution in [1.29, 1.82) is 0 Å². The Labute approximate surface area is 132 Å². The van der Waals surface area contributed by atoms with Gasteiger partial charge in [0.2, 0.25) is 11.8 Å². The third-order valence-corrected chi connectivity index (χ3v) is 4.44. The molecule has 2 heterocycles. The number of carbonyl (C=O) groups is 1. The van der Waals surface area contributed by atoms with E-state index in [1.807, 2.05) is 32.6 Å². The lowest BCUT2D eigenvalue weighted by molar-refractivity contribution is -0.136. The monoisotopic (exact) mass is 308 g/mol. The molecule has 124 valence electrons. The third kappa shape index (κ3) is 3.85.